The average molecular weight is 250 g/mol. The third-order valence-corrected chi connectivity index (χ3v) is 5.06. The SMILES string of the molecule is C=C(C(=O)O)[C@H]1C[C@@H](O)[C@]2(C)CCCC(=C)[C@H]2C1. The van der Waals surface area contributed by atoms with Crippen LogP contribution in [0.4, 0.5) is 0 Å². The number of carboxylic acids is 1. The van der Waals surface area contributed by atoms with Crippen LogP contribution in [-0.2, 0) is 4.79 Å². The Balaban J connectivity index is 2.23. The summed E-state index contributed by atoms with van der Waals surface area (Å²) in [6, 6.07) is 0. The van der Waals surface area contributed by atoms with Crippen LogP contribution in [-0.4, -0.2) is 22.3 Å². The topological polar surface area (TPSA) is 57.5 Å². The molecule has 0 amide bonds. The molecule has 0 bridgehead atoms. The minimum atomic E-state index is -0.947. The fourth-order valence-electron chi connectivity index (χ4n) is 3.72. The van der Waals surface area contributed by atoms with Gasteiger partial charge in [-0.2, -0.15) is 0 Å². The lowest BCUT2D eigenvalue weighted by atomic mass is 9.55. The molecule has 0 aliphatic heterocycles. The van der Waals surface area contributed by atoms with Crippen molar-refractivity contribution in [3.63, 3.8) is 0 Å². The molecule has 0 aromatic carbocycles. The van der Waals surface area contributed by atoms with E-state index in [1.165, 1.54) is 5.57 Å². The smallest absolute Gasteiger partial charge is 0.331 e. The predicted octanol–water partition coefficient (Wildman–Crippen LogP) is 2.76. The lowest BCUT2D eigenvalue weighted by molar-refractivity contribution is -0.134. The summed E-state index contributed by atoms with van der Waals surface area (Å²) in [6.07, 6.45) is 3.93. The fraction of sp³-hybridized carbons (Fsp3) is 0.667. The number of rotatable bonds is 2. The zero-order valence-electron chi connectivity index (χ0n) is 11.0. The molecule has 18 heavy (non-hydrogen) atoms. The highest BCUT2D eigenvalue weighted by molar-refractivity contribution is 5.86. The summed E-state index contributed by atoms with van der Waals surface area (Å²) < 4.78 is 0. The Kier molecular flexibility index (Phi) is 3.37. The van der Waals surface area contributed by atoms with Crippen LogP contribution in [0.25, 0.3) is 0 Å². The first-order chi connectivity index (χ1) is 8.36. The van der Waals surface area contributed by atoms with Crippen molar-refractivity contribution in [2.24, 2.45) is 17.3 Å². The molecule has 2 aliphatic rings. The van der Waals surface area contributed by atoms with Gasteiger partial charge in [-0.15, -0.1) is 0 Å². The summed E-state index contributed by atoms with van der Waals surface area (Å²) in [5, 5.41) is 19.5. The van der Waals surface area contributed by atoms with E-state index in [4.69, 9.17) is 5.11 Å². The van der Waals surface area contributed by atoms with Gasteiger partial charge in [-0.25, -0.2) is 4.79 Å². The first kappa shape index (κ1) is 13.3. The summed E-state index contributed by atoms with van der Waals surface area (Å²) >= 11 is 0. The first-order valence-corrected chi connectivity index (χ1v) is 6.64. The number of carboxylic acid groups (broad SMARTS) is 1. The van der Waals surface area contributed by atoms with Crippen LogP contribution < -0.4 is 0 Å². The summed E-state index contributed by atoms with van der Waals surface area (Å²) in [7, 11) is 0. The van der Waals surface area contributed by atoms with E-state index in [1.54, 1.807) is 0 Å². The van der Waals surface area contributed by atoms with Gasteiger partial charge in [0.05, 0.1) is 6.10 Å². The molecule has 0 unspecified atom stereocenters. The van der Waals surface area contributed by atoms with Gasteiger partial charge in [0.15, 0.2) is 0 Å². The molecule has 2 aliphatic carbocycles. The molecule has 0 spiro atoms. The van der Waals surface area contributed by atoms with Crippen molar-refractivity contribution in [2.45, 2.75) is 45.1 Å². The minimum absolute atomic E-state index is 0.120. The van der Waals surface area contributed by atoms with Gasteiger partial charge in [0.25, 0.3) is 0 Å². The van der Waals surface area contributed by atoms with Crippen LogP contribution >= 0.6 is 0 Å². The number of aliphatic carboxylic acids is 1. The molecule has 2 saturated carbocycles. The van der Waals surface area contributed by atoms with Crippen molar-refractivity contribution in [1.29, 1.82) is 0 Å². The first-order valence-electron chi connectivity index (χ1n) is 6.64. The molecule has 0 aromatic heterocycles. The van der Waals surface area contributed by atoms with Crippen LogP contribution in [0.3, 0.4) is 0 Å². The van der Waals surface area contributed by atoms with E-state index in [1.807, 2.05) is 0 Å². The molecule has 4 atom stereocenters. The molecule has 0 heterocycles. The Hall–Kier alpha value is -1.09. The zero-order chi connectivity index (χ0) is 13.5. The van der Waals surface area contributed by atoms with Crippen LogP contribution in [0, 0.1) is 17.3 Å². The van der Waals surface area contributed by atoms with Crippen molar-refractivity contribution < 1.29 is 15.0 Å². The van der Waals surface area contributed by atoms with Crippen molar-refractivity contribution >= 4 is 5.97 Å². The molecule has 3 nitrogen and oxygen atoms in total. The number of hydrogen-bond donors (Lipinski definition) is 2. The maximum Gasteiger partial charge on any atom is 0.331 e. The van der Waals surface area contributed by atoms with Gasteiger partial charge in [0.2, 0.25) is 0 Å². The van der Waals surface area contributed by atoms with E-state index < -0.39 is 12.1 Å². The molecule has 0 radical (unpaired) electrons. The molecular formula is C15H22O3. The van der Waals surface area contributed by atoms with E-state index in [0.717, 1.165) is 25.7 Å². The Bertz CT molecular complexity index is 399. The van der Waals surface area contributed by atoms with Crippen LogP contribution in [0.1, 0.15) is 39.0 Å². The number of carbonyl (C=O) groups is 1. The Morgan fingerprint density at radius 3 is 2.72 bits per heavy atom. The van der Waals surface area contributed by atoms with E-state index in [-0.39, 0.29) is 22.8 Å². The van der Waals surface area contributed by atoms with Gasteiger partial charge < -0.3 is 10.2 Å². The second-order valence-electron chi connectivity index (χ2n) is 6.08. The van der Waals surface area contributed by atoms with Crippen LogP contribution in [0.2, 0.25) is 0 Å². The highest BCUT2D eigenvalue weighted by Crippen LogP contribution is 2.54. The van der Waals surface area contributed by atoms with Crippen molar-refractivity contribution in [3.05, 3.63) is 24.3 Å². The molecule has 2 rings (SSSR count). The fourth-order valence-corrected chi connectivity index (χ4v) is 3.72. The van der Waals surface area contributed by atoms with E-state index >= 15 is 0 Å². The largest absolute Gasteiger partial charge is 0.478 e. The summed E-state index contributed by atoms with van der Waals surface area (Å²) in [5.41, 5.74) is 1.28. The van der Waals surface area contributed by atoms with Gasteiger partial charge >= 0.3 is 5.97 Å². The zero-order valence-corrected chi connectivity index (χ0v) is 11.0. The standard InChI is InChI=1S/C15H22O3/c1-9-5-4-6-15(3)12(9)7-11(8-13(15)16)10(2)14(17)18/h11-13,16H,1-2,4-8H2,3H3,(H,17,18)/t11-,12-,13-,15-/m1/s1. The van der Waals surface area contributed by atoms with E-state index in [9.17, 15) is 9.90 Å². The second kappa shape index (κ2) is 4.54. The number of hydrogen-bond acceptors (Lipinski definition) is 2. The number of aliphatic hydroxyl groups is 1. The van der Waals surface area contributed by atoms with Crippen molar-refractivity contribution in [2.75, 3.05) is 0 Å². The van der Waals surface area contributed by atoms with Gasteiger partial charge in [-0.05, 0) is 43.9 Å². The number of aliphatic hydroxyl groups excluding tert-OH is 1. The third kappa shape index (κ3) is 2.01. The Labute approximate surface area is 108 Å². The van der Waals surface area contributed by atoms with Crippen LogP contribution in [0.15, 0.2) is 24.3 Å². The Morgan fingerprint density at radius 1 is 1.44 bits per heavy atom. The second-order valence-corrected chi connectivity index (χ2v) is 6.08. The molecule has 2 fully saturated rings. The highest BCUT2D eigenvalue weighted by Gasteiger charge is 2.49. The van der Waals surface area contributed by atoms with E-state index in [0.29, 0.717) is 6.42 Å². The van der Waals surface area contributed by atoms with Gasteiger partial charge in [0, 0.05) is 11.0 Å². The monoisotopic (exact) mass is 250 g/mol. The maximum absolute atomic E-state index is 11.0. The van der Waals surface area contributed by atoms with Gasteiger partial charge in [-0.3, -0.25) is 0 Å². The lowest BCUT2D eigenvalue weighted by Gasteiger charge is -2.51. The molecular weight excluding hydrogens is 228 g/mol. The van der Waals surface area contributed by atoms with Crippen molar-refractivity contribution in [1.82, 2.24) is 0 Å². The minimum Gasteiger partial charge on any atom is -0.478 e. The lowest BCUT2D eigenvalue weighted by Crippen LogP contribution is -2.48. The third-order valence-electron chi connectivity index (χ3n) is 5.06. The highest BCUT2D eigenvalue weighted by atomic mass is 16.4. The molecule has 0 aromatic rings. The number of allylic oxidation sites excluding steroid dienone is 1. The summed E-state index contributed by atoms with van der Waals surface area (Å²) in [5.74, 6) is -0.834. The molecule has 0 saturated heterocycles. The molecule has 2 N–H and O–H groups in total. The summed E-state index contributed by atoms with van der Waals surface area (Å²) in [6.45, 7) is 9.90. The van der Waals surface area contributed by atoms with Crippen LogP contribution in [0.5, 0.6) is 0 Å². The van der Waals surface area contributed by atoms with Gasteiger partial charge in [0.1, 0.15) is 0 Å². The predicted molar refractivity (Wildman–Crippen MR) is 70.1 cm³/mol. The van der Waals surface area contributed by atoms with Crippen molar-refractivity contribution in [3.8, 4) is 0 Å². The average Bonchev–Trinajstić information content (AvgIpc) is 2.30. The van der Waals surface area contributed by atoms with E-state index in [2.05, 4.69) is 20.1 Å². The normalized spacial score (nSPS) is 40.1. The Morgan fingerprint density at radius 2 is 2.11 bits per heavy atom. The number of fused-ring (bicyclic) bond motifs is 1. The molecule has 100 valence electrons. The molecule has 3 heteroatoms. The quantitative estimate of drug-likeness (QED) is 0.585. The maximum atomic E-state index is 11.0. The van der Waals surface area contributed by atoms with Gasteiger partial charge in [-0.1, -0.05) is 25.7 Å². The summed E-state index contributed by atoms with van der Waals surface area (Å²) in [4.78, 5) is 11.0.